The zero-order valence-electron chi connectivity index (χ0n) is 5.88. The van der Waals surface area contributed by atoms with Crippen molar-refractivity contribution in [1.82, 2.24) is 15.4 Å². The lowest BCUT2D eigenvalue weighted by atomic mass is 10.0. The van der Waals surface area contributed by atoms with Crippen LogP contribution in [0.1, 0.15) is 12.6 Å². The molecule has 0 fully saturated rings. The van der Waals surface area contributed by atoms with Gasteiger partial charge in [-0.25, -0.2) is 8.78 Å². The number of nitrogens with two attached hydrogens (primary N) is 1. The molecule has 1 rings (SSSR count). The molecule has 11 heavy (non-hydrogen) atoms. The summed E-state index contributed by atoms with van der Waals surface area (Å²) < 4.78 is 24.3. The SMILES string of the molecule is CC(N)(c1cn[nH]n1)C(F)F. The fourth-order valence-electron chi connectivity index (χ4n) is 0.573. The lowest BCUT2D eigenvalue weighted by Crippen LogP contribution is -2.41. The number of hydrogen-bond acceptors (Lipinski definition) is 3. The lowest BCUT2D eigenvalue weighted by molar-refractivity contribution is 0.0601. The van der Waals surface area contributed by atoms with Crippen molar-refractivity contribution < 1.29 is 8.78 Å². The van der Waals surface area contributed by atoms with Crippen molar-refractivity contribution in [2.45, 2.75) is 18.9 Å². The first kappa shape index (κ1) is 8.06. The molecule has 1 aromatic rings. The molecule has 4 nitrogen and oxygen atoms in total. The third-order valence-corrected chi connectivity index (χ3v) is 1.42. The number of nitrogens with one attached hydrogen (secondary N) is 1. The Morgan fingerprint density at radius 2 is 2.36 bits per heavy atom. The van der Waals surface area contributed by atoms with Crippen LogP contribution in [0.15, 0.2) is 6.20 Å². The molecule has 0 aliphatic carbocycles. The molecule has 0 aliphatic heterocycles. The van der Waals surface area contributed by atoms with Crippen LogP contribution in [0.2, 0.25) is 0 Å². The summed E-state index contributed by atoms with van der Waals surface area (Å²) in [5.41, 5.74) is 3.60. The molecule has 6 heteroatoms. The standard InChI is InChI=1S/C5H8F2N4/c1-5(8,4(6)7)3-2-9-11-10-3/h2,4H,8H2,1H3,(H,9,10,11). The second kappa shape index (κ2) is 2.54. The fourth-order valence-corrected chi connectivity index (χ4v) is 0.573. The Morgan fingerprint density at radius 3 is 2.73 bits per heavy atom. The molecule has 1 unspecified atom stereocenters. The maximum absolute atomic E-state index is 12.2. The summed E-state index contributed by atoms with van der Waals surface area (Å²) >= 11 is 0. The molecular weight excluding hydrogens is 154 g/mol. The van der Waals surface area contributed by atoms with E-state index in [0.717, 1.165) is 0 Å². The number of nitrogens with zero attached hydrogens (tertiary/aromatic N) is 2. The number of halogens is 2. The minimum absolute atomic E-state index is 0.0625. The van der Waals surface area contributed by atoms with E-state index < -0.39 is 12.0 Å². The molecule has 0 spiro atoms. The molecule has 0 aliphatic rings. The van der Waals surface area contributed by atoms with Gasteiger partial charge in [0.1, 0.15) is 11.2 Å². The second-order valence-electron chi connectivity index (χ2n) is 2.44. The van der Waals surface area contributed by atoms with E-state index in [-0.39, 0.29) is 5.69 Å². The zero-order chi connectivity index (χ0) is 8.48. The van der Waals surface area contributed by atoms with E-state index >= 15 is 0 Å². The first-order valence-electron chi connectivity index (χ1n) is 2.98. The van der Waals surface area contributed by atoms with Crippen molar-refractivity contribution in [3.63, 3.8) is 0 Å². The molecule has 0 radical (unpaired) electrons. The monoisotopic (exact) mass is 162 g/mol. The van der Waals surface area contributed by atoms with E-state index in [1.165, 1.54) is 13.1 Å². The van der Waals surface area contributed by atoms with Gasteiger partial charge in [-0.05, 0) is 6.92 Å². The maximum atomic E-state index is 12.2. The Bertz CT molecular complexity index is 218. The molecule has 1 atom stereocenters. The molecule has 3 N–H and O–H groups in total. The van der Waals surface area contributed by atoms with Crippen molar-refractivity contribution in [3.05, 3.63) is 11.9 Å². The van der Waals surface area contributed by atoms with Crippen LogP contribution in [0.3, 0.4) is 0 Å². The van der Waals surface area contributed by atoms with E-state index in [1.54, 1.807) is 0 Å². The van der Waals surface area contributed by atoms with Gasteiger partial charge in [-0.2, -0.15) is 15.4 Å². The Morgan fingerprint density at radius 1 is 1.73 bits per heavy atom. The number of alkyl halides is 2. The number of aromatic nitrogens is 3. The van der Waals surface area contributed by atoms with Gasteiger partial charge in [0.05, 0.1) is 6.20 Å². The van der Waals surface area contributed by atoms with E-state index in [1.807, 2.05) is 0 Å². The quantitative estimate of drug-likeness (QED) is 0.654. The van der Waals surface area contributed by atoms with Gasteiger partial charge in [-0.15, -0.1) is 0 Å². The molecule has 1 aromatic heterocycles. The Labute approximate surface area is 61.8 Å². The summed E-state index contributed by atoms with van der Waals surface area (Å²) in [6.45, 7) is 1.20. The molecule has 0 aromatic carbocycles. The van der Waals surface area contributed by atoms with Crippen molar-refractivity contribution in [2.75, 3.05) is 0 Å². The predicted molar refractivity (Wildman–Crippen MR) is 33.9 cm³/mol. The van der Waals surface area contributed by atoms with Crippen molar-refractivity contribution in [3.8, 4) is 0 Å². The van der Waals surface area contributed by atoms with Crippen LogP contribution in [0, 0.1) is 0 Å². The summed E-state index contributed by atoms with van der Waals surface area (Å²) in [6.07, 6.45) is -1.46. The second-order valence-corrected chi connectivity index (χ2v) is 2.44. The molecular formula is C5H8F2N4. The zero-order valence-corrected chi connectivity index (χ0v) is 5.88. The van der Waals surface area contributed by atoms with E-state index in [2.05, 4.69) is 15.4 Å². The fraction of sp³-hybridized carbons (Fsp3) is 0.600. The average Bonchev–Trinajstić information content (AvgIpc) is 2.37. The van der Waals surface area contributed by atoms with E-state index in [4.69, 9.17) is 5.73 Å². The highest BCUT2D eigenvalue weighted by Crippen LogP contribution is 2.21. The Balaban J connectivity index is 2.90. The highest BCUT2D eigenvalue weighted by Gasteiger charge is 2.34. The largest absolute Gasteiger partial charge is 0.316 e. The minimum atomic E-state index is -2.65. The van der Waals surface area contributed by atoms with Crippen LogP contribution in [-0.4, -0.2) is 21.8 Å². The van der Waals surface area contributed by atoms with Crippen LogP contribution in [0.4, 0.5) is 8.78 Å². The summed E-state index contributed by atoms with van der Waals surface area (Å²) in [5, 5.41) is 9.07. The smallest absolute Gasteiger partial charge is 0.261 e. The summed E-state index contributed by atoms with van der Waals surface area (Å²) in [5.74, 6) is 0. The number of hydrogen-bond donors (Lipinski definition) is 2. The summed E-state index contributed by atoms with van der Waals surface area (Å²) in [7, 11) is 0. The lowest BCUT2D eigenvalue weighted by Gasteiger charge is -2.19. The van der Waals surface area contributed by atoms with Crippen LogP contribution in [0.25, 0.3) is 0 Å². The number of H-pyrrole nitrogens is 1. The van der Waals surface area contributed by atoms with Gasteiger partial charge in [-0.1, -0.05) is 0 Å². The molecule has 0 saturated carbocycles. The minimum Gasteiger partial charge on any atom is -0.316 e. The summed E-state index contributed by atoms with van der Waals surface area (Å²) in [6, 6.07) is 0. The van der Waals surface area contributed by atoms with Crippen molar-refractivity contribution in [1.29, 1.82) is 0 Å². The van der Waals surface area contributed by atoms with Crippen LogP contribution in [-0.2, 0) is 5.54 Å². The van der Waals surface area contributed by atoms with Gasteiger partial charge in [-0.3, -0.25) is 0 Å². The van der Waals surface area contributed by atoms with Gasteiger partial charge >= 0.3 is 0 Å². The summed E-state index contributed by atoms with van der Waals surface area (Å²) in [4.78, 5) is 0. The molecule has 1 heterocycles. The van der Waals surface area contributed by atoms with Crippen molar-refractivity contribution >= 4 is 0 Å². The topological polar surface area (TPSA) is 67.6 Å². The average molecular weight is 162 g/mol. The highest BCUT2D eigenvalue weighted by molar-refractivity contribution is 5.08. The molecule has 0 bridgehead atoms. The Hall–Kier alpha value is -1.04. The van der Waals surface area contributed by atoms with Gasteiger partial charge in [0.15, 0.2) is 0 Å². The van der Waals surface area contributed by atoms with Crippen LogP contribution >= 0.6 is 0 Å². The molecule has 62 valence electrons. The first-order valence-corrected chi connectivity index (χ1v) is 2.98. The normalized spacial score (nSPS) is 16.8. The van der Waals surface area contributed by atoms with Gasteiger partial charge in [0.25, 0.3) is 6.43 Å². The van der Waals surface area contributed by atoms with Gasteiger partial charge in [0.2, 0.25) is 0 Å². The molecule has 0 amide bonds. The maximum Gasteiger partial charge on any atom is 0.261 e. The van der Waals surface area contributed by atoms with Crippen LogP contribution < -0.4 is 5.73 Å². The van der Waals surface area contributed by atoms with Gasteiger partial charge < -0.3 is 5.73 Å². The highest BCUT2D eigenvalue weighted by atomic mass is 19.3. The number of aromatic amines is 1. The number of rotatable bonds is 2. The van der Waals surface area contributed by atoms with Crippen molar-refractivity contribution in [2.24, 2.45) is 5.73 Å². The van der Waals surface area contributed by atoms with Crippen LogP contribution in [0.5, 0.6) is 0 Å². The van der Waals surface area contributed by atoms with Gasteiger partial charge in [0, 0.05) is 0 Å². The molecule has 0 saturated heterocycles. The van der Waals surface area contributed by atoms with E-state index in [9.17, 15) is 8.78 Å². The predicted octanol–water partition coefficient (Wildman–Crippen LogP) is 0.244. The first-order chi connectivity index (χ1) is 5.05. The van der Waals surface area contributed by atoms with E-state index in [0.29, 0.717) is 0 Å². The third-order valence-electron chi connectivity index (χ3n) is 1.42. The Kier molecular flexibility index (Phi) is 1.86. The third kappa shape index (κ3) is 1.35.